The Bertz CT molecular complexity index is 562. The number of ether oxygens (including phenoxy) is 1. The Kier molecular flexibility index (Phi) is 4.51. The first kappa shape index (κ1) is 14.5. The third-order valence-electron chi connectivity index (χ3n) is 3.62. The van der Waals surface area contributed by atoms with Crippen LogP contribution in [0.3, 0.4) is 0 Å². The molecule has 4 nitrogen and oxygen atoms in total. The molecule has 1 aliphatic rings. The molecule has 2 aromatic rings. The molecule has 1 aromatic heterocycles. The van der Waals surface area contributed by atoms with Crippen LogP contribution in [0.1, 0.15) is 26.7 Å². The largest absolute Gasteiger partial charge is 0.375 e. The summed E-state index contributed by atoms with van der Waals surface area (Å²) in [5.74, 6) is 0.830. The Morgan fingerprint density at radius 2 is 1.90 bits per heavy atom. The van der Waals surface area contributed by atoms with E-state index >= 15 is 0 Å². The van der Waals surface area contributed by atoms with E-state index in [1.54, 1.807) is 0 Å². The fourth-order valence-electron chi connectivity index (χ4n) is 2.62. The fourth-order valence-corrected chi connectivity index (χ4v) is 3.36. The molecule has 1 saturated heterocycles. The van der Waals surface area contributed by atoms with Gasteiger partial charge in [-0.05, 0) is 26.7 Å². The van der Waals surface area contributed by atoms with Gasteiger partial charge in [0, 0.05) is 30.2 Å². The normalized spacial score (nSPS) is 16.6. The number of piperidine rings is 1. The van der Waals surface area contributed by atoms with Gasteiger partial charge in [0.05, 0.1) is 12.2 Å². The van der Waals surface area contributed by atoms with E-state index < -0.39 is 0 Å². The predicted octanol–water partition coefficient (Wildman–Crippen LogP) is 3.60. The second-order valence-corrected chi connectivity index (χ2v) is 6.37. The van der Waals surface area contributed by atoms with Crippen LogP contribution >= 0.6 is 11.5 Å². The maximum Gasteiger partial charge on any atom is 0.205 e. The molecular formula is C16H21N3OS. The smallest absolute Gasteiger partial charge is 0.205 e. The summed E-state index contributed by atoms with van der Waals surface area (Å²) in [6.45, 7) is 6.20. The molecule has 1 fully saturated rings. The first-order chi connectivity index (χ1) is 10.2. The van der Waals surface area contributed by atoms with Crippen molar-refractivity contribution in [2.24, 2.45) is 0 Å². The predicted molar refractivity (Wildman–Crippen MR) is 86.8 cm³/mol. The summed E-state index contributed by atoms with van der Waals surface area (Å²) in [5, 5.41) is 1.02. The van der Waals surface area contributed by atoms with Crippen molar-refractivity contribution in [3.05, 3.63) is 30.3 Å². The molecule has 0 N–H and O–H groups in total. The van der Waals surface area contributed by atoms with Crippen molar-refractivity contribution in [1.82, 2.24) is 9.36 Å². The topological polar surface area (TPSA) is 38.2 Å². The minimum atomic E-state index is 0.313. The molecule has 0 unspecified atom stereocenters. The van der Waals surface area contributed by atoms with E-state index in [2.05, 4.69) is 40.2 Å². The highest BCUT2D eigenvalue weighted by atomic mass is 32.1. The zero-order valence-electron chi connectivity index (χ0n) is 12.5. The van der Waals surface area contributed by atoms with Gasteiger partial charge < -0.3 is 9.64 Å². The van der Waals surface area contributed by atoms with Crippen LogP contribution < -0.4 is 4.90 Å². The summed E-state index contributed by atoms with van der Waals surface area (Å²) in [4.78, 5) is 7.01. The molecule has 0 saturated carbocycles. The fraction of sp³-hybridized carbons (Fsp3) is 0.500. The second-order valence-electron chi connectivity index (χ2n) is 5.64. The molecular weight excluding hydrogens is 282 g/mol. The lowest BCUT2D eigenvalue weighted by Crippen LogP contribution is -2.37. The van der Waals surface area contributed by atoms with Gasteiger partial charge in [0.1, 0.15) is 0 Å². The van der Waals surface area contributed by atoms with Crippen molar-refractivity contribution in [1.29, 1.82) is 0 Å². The third kappa shape index (κ3) is 3.60. The lowest BCUT2D eigenvalue weighted by Gasteiger charge is -2.32. The van der Waals surface area contributed by atoms with E-state index in [4.69, 9.17) is 4.74 Å². The van der Waals surface area contributed by atoms with Gasteiger partial charge in [0.25, 0.3) is 0 Å². The molecule has 0 atom stereocenters. The van der Waals surface area contributed by atoms with Crippen LogP contribution in [0.15, 0.2) is 30.3 Å². The molecule has 1 aliphatic heterocycles. The van der Waals surface area contributed by atoms with Crippen molar-refractivity contribution in [3.8, 4) is 11.4 Å². The summed E-state index contributed by atoms with van der Waals surface area (Å²) in [7, 11) is 0. The summed E-state index contributed by atoms with van der Waals surface area (Å²) < 4.78 is 10.4. The van der Waals surface area contributed by atoms with Gasteiger partial charge in [-0.2, -0.15) is 9.36 Å². The van der Waals surface area contributed by atoms with Gasteiger partial charge in [-0.3, -0.25) is 0 Å². The Hall–Kier alpha value is -1.46. The van der Waals surface area contributed by atoms with Gasteiger partial charge in [0.15, 0.2) is 5.82 Å². The molecule has 3 rings (SSSR count). The first-order valence-corrected chi connectivity index (χ1v) is 8.29. The Morgan fingerprint density at radius 1 is 1.19 bits per heavy atom. The molecule has 1 aromatic carbocycles. The number of rotatable bonds is 4. The van der Waals surface area contributed by atoms with Crippen molar-refractivity contribution >= 4 is 16.7 Å². The van der Waals surface area contributed by atoms with E-state index in [1.165, 1.54) is 11.5 Å². The highest BCUT2D eigenvalue weighted by Gasteiger charge is 2.23. The van der Waals surface area contributed by atoms with Crippen LogP contribution in [0.4, 0.5) is 5.13 Å². The SMILES string of the molecule is CC(C)OC1CCN(c2nc(-c3ccccc3)ns2)CC1. The van der Waals surface area contributed by atoms with Crippen LogP contribution in [0.5, 0.6) is 0 Å². The standard InChI is InChI=1S/C16H21N3OS/c1-12(2)20-14-8-10-19(11-9-14)16-17-15(18-21-16)13-6-4-3-5-7-13/h3-7,12,14H,8-11H2,1-2H3. The summed E-state index contributed by atoms with van der Waals surface area (Å²) in [6, 6.07) is 10.1. The van der Waals surface area contributed by atoms with Gasteiger partial charge in [-0.15, -0.1) is 0 Å². The minimum Gasteiger partial charge on any atom is -0.375 e. The van der Waals surface area contributed by atoms with Gasteiger partial charge >= 0.3 is 0 Å². The monoisotopic (exact) mass is 303 g/mol. The van der Waals surface area contributed by atoms with E-state index in [1.807, 2.05) is 18.2 Å². The van der Waals surface area contributed by atoms with E-state index in [0.717, 1.165) is 42.5 Å². The van der Waals surface area contributed by atoms with Crippen molar-refractivity contribution in [2.75, 3.05) is 18.0 Å². The van der Waals surface area contributed by atoms with E-state index in [-0.39, 0.29) is 0 Å². The maximum absolute atomic E-state index is 5.89. The summed E-state index contributed by atoms with van der Waals surface area (Å²) in [6.07, 6.45) is 2.84. The average molecular weight is 303 g/mol. The van der Waals surface area contributed by atoms with Crippen LogP contribution in [0.2, 0.25) is 0 Å². The molecule has 5 heteroatoms. The first-order valence-electron chi connectivity index (χ1n) is 7.52. The van der Waals surface area contributed by atoms with Crippen LogP contribution in [-0.4, -0.2) is 34.7 Å². The van der Waals surface area contributed by atoms with Crippen molar-refractivity contribution in [2.45, 2.75) is 38.9 Å². The third-order valence-corrected chi connectivity index (χ3v) is 4.40. The van der Waals surface area contributed by atoms with E-state index in [0.29, 0.717) is 12.2 Å². The molecule has 112 valence electrons. The van der Waals surface area contributed by atoms with Crippen LogP contribution in [0, 0.1) is 0 Å². The minimum absolute atomic E-state index is 0.313. The molecule has 21 heavy (non-hydrogen) atoms. The molecule has 0 radical (unpaired) electrons. The lowest BCUT2D eigenvalue weighted by molar-refractivity contribution is -0.00478. The highest BCUT2D eigenvalue weighted by Crippen LogP contribution is 2.27. The van der Waals surface area contributed by atoms with Crippen molar-refractivity contribution in [3.63, 3.8) is 0 Å². The molecule has 0 aliphatic carbocycles. The molecule has 0 spiro atoms. The summed E-state index contributed by atoms with van der Waals surface area (Å²) in [5.41, 5.74) is 1.08. The van der Waals surface area contributed by atoms with Gasteiger partial charge in [-0.1, -0.05) is 30.3 Å². The zero-order valence-corrected chi connectivity index (χ0v) is 13.3. The van der Waals surface area contributed by atoms with Crippen molar-refractivity contribution < 1.29 is 4.74 Å². The molecule has 0 bridgehead atoms. The molecule has 0 amide bonds. The molecule has 2 heterocycles. The quantitative estimate of drug-likeness (QED) is 0.865. The second kappa shape index (κ2) is 6.54. The van der Waals surface area contributed by atoms with E-state index in [9.17, 15) is 0 Å². The number of anilines is 1. The highest BCUT2D eigenvalue weighted by molar-refractivity contribution is 7.09. The number of nitrogens with zero attached hydrogens (tertiary/aromatic N) is 3. The number of hydrogen-bond donors (Lipinski definition) is 0. The average Bonchev–Trinajstić information content (AvgIpc) is 2.98. The summed E-state index contributed by atoms with van der Waals surface area (Å²) >= 11 is 1.49. The lowest BCUT2D eigenvalue weighted by atomic mass is 10.1. The van der Waals surface area contributed by atoms with Gasteiger partial charge in [0.2, 0.25) is 5.13 Å². The number of aromatic nitrogens is 2. The Morgan fingerprint density at radius 3 is 2.57 bits per heavy atom. The Labute approximate surface area is 129 Å². The van der Waals surface area contributed by atoms with Gasteiger partial charge in [-0.25, -0.2) is 0 Å². The number of hydrogen-bond acceptors (Lipinski definition) is 5. The maximum atomic E-state index is 5.89. The van der Waals surface area contributed by atoms with Crippen LogP contribution in [-0.2, 0) is 4.74 Å². The Balaban J connectivity index is 1.63. The van der Waals surface area contributed by atoms with Crippen LogP contribution in [0.25, 0.3) is 11.4 Å². The zero-order chi connectivity index (χ0) is 14.7. The number of benzene rings is 1.